The van der Waals surface area contributed by atoms with Gasteiger partial charge in [0.2, 0.25) is 0 Å². The van der Waals surface area contributed by atoms with Gasteiger partial charge in [-0.25, -0.2) is 4.98 Å². The highest BCUT2D eigenvalue weighted by molar-refractivity contribution is 5.54. The molecule has 3 heteroatoms. The van der Waals surface area contributed by atoms with Crippen LogP contribution in [0.5, 0.6) is 0 Å². The van der Waals surface area contributed by atoms with Crippen LogP contribution in [-0.4, -0.2) is 29.0 Å². The van der Waals surface area contributed by atoms with E-state index in [1.807, 2.05) is 38.5 Å². The molecule has 0 saturated heterocycles. The van der Waals surface area contributed by atoms with Crippen molar-refractivity contribution in [3.8, 4) is 11.4 Å². The number of rotatable bonds is 3. The summed E-state index contributed by atoms with van der Waals surface area (Å²) in [7, 11) is 4.09. The predicted octanol–water partition coefficient (Wildman–Crippen LogP) is 2.14. The van der Waals surface area contributed by atoms with Gasteiger partial charge >= 0.3 is 0 Å². The summed E-state index contributed by atoms with van der Waals surface area (Å²) in [6.07, 6.45) is 1.89. The Balaban J connectivity index is 2.21. The van der Waals surface area contributed by atoms with Gasteiger partial charge in [0, 0.05) is 24.0 Å². The van der Waals surface area contributed by atoms with Crippen LogP contribution < -0.4 is 0 Å². The second-order valence-electron chi connectivity index (χ2n) is 3.86. The fourth-order valence-corrected chi connectivity index (χ4v) is 1.52. The molecule has 0 unspecified atom stereocenters. The Morgan fingerprint density at radius 3 is 2.60 bits per heavy atom. The molecule has 0 bridgehead atoms. The van der Waals surface area contributed by atoms with E-state index in [2.05, 4.69) is 27.0 Å². The van der Waals surface area contributed by atoms with E-state index in [0.717, 1.165) is 23.6 Å². The third kappa shape index (κ3) is 2.44. The van der Waals surface area contributed by atoms with Crippen LogP contribution in [0.25, 0.3) is 11.4 Å². The fourth-order valence-electron chi connectivity index (χ4n) is 1.52. The van der Waals surface area contributed by atoms with Gasteiger partial charge in [-0.05, 0) is 14.1 Å². The molecule has 0 aliphatic heterocycles. The summed E-state index contributed by atoms with van der Waals surface area (Å²) in [6.45, 7) is 0.889. The van der Waals surface area contributed by atoms with Crippen LogP contribution >= 0.6 is 0 Å². The molecule has 1 aromatic heterocycles. The third-order valence-electron chi connectivity index (χ3n) is 2.16. The number of nitrogens with one attached hydrogen (secondary N) is 1. The number of aromatic amines is 1. The van der Waals surface area contributed by atoms with E-state index in [1.165, 1.54) is 0 Å². The molecule has 0 atom stereocenters. The van der Waals surface area contributed by atoms with Crippen molar-refractivity contribution in [2.45, 2.75) is 6.54 Å². The minimum Gasteiger partial charge on any atom is -0.341 e. The van der Waals surface area contributed by atoms with Crippen molar-refractivity contribution in [1.29, 1.82) is 0 Å². The molecule has 0 radical (unpaired) electrons. The Morgan fingerprint density at radius 2 is 1.93 bits per heavy atom. The number of imidazole rings is 1. The molecule has 1 heterocycles. The maximum Gasteiger partial charge on any atom is 0.137 e. The van der Waals surface area contributed by atoms with Crippen molar-refractivity contribution in [1.82, 2.24) is 14.9 Å². The summed E-state index contributed by atoms with van der Waals surface area (Å²) in [4.78, 5) is 9.78. The van der Waals surface area contributed by atoms with E-state index < -0.39 is 0 Å². The van der Waals surface area contributed by atoms with Gasteiger partial charge in [0.15, 0.2) is 0 Å². The highest BCUT2D eigenvalue weighted by atomic mass is 15.1. The van der Waals surface area contributed by atoms with Crippen LogP contribution in [0.1, 0.15) is 5.69 Å². The molecule has 0 spiro atoms. The van der Waals surface area contributed by atoms with Gasteiger partial charge in [-0.2, -0.15) is 0 Å². The lowest BCUT2D eigenvalue weighted by Gasteiger charge is -2.06. The predicted molar refractivity (Wildman–Crippen MR) is 61.4 cm³/mol. The van der Waals surface area contributed by atoms with E-state index >= 15 is 0 Å². The number of hydrogen-bond acceptors (Lipinski definition) is 2. The summed E-state index contributed by atoms with van der Waals surface area (Å²) >= 11 is 0. The van der Waals surface area contributed by atoms with Crippen molar-refractivity contribution in [3.63, 3.8) is 0 Å². The van der Waals surface area contributed by atoms with Gasteiger partial charge in [0.25, 0.3) is 0 Å². The molecule has 0 aliphatic rings. The number of aromatic nitrogens is 2. The quantitative estimate of drug-likeness (QED) is 0.825. The SMILES string of the molecule is CN(C)Cc1cnc(-c2ccccc2)[nH]1. The van der Waals surface area contributed by atoms with Gasteiger partial charge in [-0.3, -0.25) is 0 Å². The molecule has 1 aromatic carbocycles. The average molecular weight is 201 g/mol. The summed E-state index contributed by atoms with van der Waals surface area (Å²) in [5.74, 6) is 0.937. The van der Waals surface area contributed by atoms with Crippen LogP contribution in [-0.2, 0) is 6.54 Å². The van der Waals surface area contributed by atoms with E-state index in [4.69, 9.17) is 0 Å². The standard InChI is InChI=1S/C12H15N3/c1-15(2)9-11-8-13-12(14-11)10-6-4-3-5-7-10/h3-8H,9H2,1-2H3,(H,13,14). The molecule has 78 valence electrons. The fraction of sp³-hybridized carbons (Fsp3) is 0.250. The Kier molecular flexibility index (Phi) is 2.83. The molecule has 0 aliphatic carbocycles. The summed E-state index contributed by atoms with van der Waals surface area (Å²) < 4.78 is 0. The van der Waals surface area contributed by atoms with E-state index in [0.29, 0.717) is 0 Å². The maximum atomic E-state index is 4.36. The molecule has 1 N–H and O–H groups in total. The van der Waals surface area contributed by atoms with Gasteiger partial charge < -0.3 is 9.88 Å². The van der Waals surface area contributed by atoms with Crippen LogP contribution in [0, 0.1) is 0 Å². The zero-order valence-electron chi connectivity index (χ0n) is 9.07. The van der Waals surface area contributed by atoms with Crippen LogP contribution in [0.4, 0.5) is 0 Å². The number of H-pyrrole nitrogens is 1. The normalized spacial score (nSPS) is 10.9. The topological polar surface area (TPSA) is 31.9 Å². The summed E-state index contributed by atoms with van der Waals surface area (Å²) in [6, 6.07) is 10.1. The van der Waals surface area contributed by atoms with Crippen molar-refractivity contribution >= 4 is 0 Å². The number of nitrogens with zero attached hydrogens (tertiary/aromatic N) is 2. The molecule has 0 saturated carbocycles. The van der Waals surface area contributed by atoms with Crippen molar-refractivity contribution in [3.05, 3.63) is 42.2 Å². The van der Waals surface area contributed by atoms with Crippen LogP contribution in [0.3, 0.4) is 0 Å². The summed E-state index contributed by atoms with van der Waals surface area (Å²) in [5, 5.41) is 0. The van der Waals surface area contributed by atoms with Gasteiger partial charge in [0.1, 0.15) is 5.82 Å². The first-order chi connectivity index (χ1) is 7.25. The largest absolute Gasteiger partial charge is 0.341 e. The second kappa shape index (κ2) is 4.28. The van der Waals surface area contributed by atoms with Crippen LogP contribution in [0.15, 0.2) is 36.5 Å². The van der Waals surface area contributed by atoms with E-state index in [9.17, 15) is 0 Å². The van der Waals surface area contributed by atoms with Gasteiger partial charge in [-0.1, -0.05) is 30.3 Å². The van der Waals surface area contributed by atoms with Crippen molar-refractivity contribution < 1.29 is 0 Å². The second-order valence-corrected chi connectivity index (χ2v) is 3.86. The average Bonchev–Trinajstić information content (AvgIpc) is 2.67. The Hall–Kier alpha value is -1.61. The monoisotopic (exact) mass is 201 g/mol. The summed E-state index contributed by atoms with van der Waals surface area (Å²) in [5.41, 5.74) is 2.27. The highest BCUT2D eigenvalue weighted by Gasteiger charge is 2.02. The molecular formula is C12H15N3. The smallest absolute Gasteiger partial charge is 0.137 e. The Labute approximate surface area is 89.8 Å². The molecule has 2 rings (SSSR count). The zero-order chi connectivity index (χ0) is 10.7. The molecule has 2 aromatic rings. The number of benzene rings is 1. The molecule has 3 nitrogen and oxygen atoms in total. The van der Waals surface area contributed by atoms with Gasteiger partial charge in [-0.15, -0.1) is 0 Å². The lowest BCUT2D eigenvalue weighted by Crippen LogP contribution is -2.10. The Bertz CT molecular complexity index is 417. The lowest BCUT2D eigenvalue weighted by atomic mass is 10.2. The maximum absolute atomic E-state index is 4.36. The molecule has 0 fully saturated rings. The molecule has 0 amide bonds. The Morgan fingerprint density at radius 1 is 1.20 bits per heavy atom. The molecule has 15 heavy (non-hydrogen) atoms. The third-order valence-corrected chi connectivity index (χ3v) is 2.16. The number of hydrogen-bond donors (Lipinski definition) is 1. The van der Waals surface area contributed by atoms with Crippen molar-refractivity contribution in [2.75, 3.05) is 14.1 Å². The van der Waals surface area contributed by atoms with E-state index in [1.54, 1.807) is 0 Å². The minimum atomic E-state index is 0.889. The zero-order valence-corrected chi connectivity index (χ0v) is 9.07. The minimum absolute atomic E-state index is 0.889. The van der Waals surface area contributed by atoms with Gasteiger partial charge in [0.05, 0.1) is 0 Å². The highest BCUT2D eigenvalue weighted by Crippen LogP contribution is 2.14. The lowest BCUT2D eigenvalue weighted by molar-refractivity contribution is 0.398. The molecular weight excluding hydrogens is 186 g/mol. The first-order valence-electron chi connectivity index (χ1n) is 5.00. The van der Waals surface area contributed by atoms with Crippen LogP contribution in [0.2, 0.25) is 0 Å². The first-order valence-corrected chi connectivity index (χ1v) is 5.00. The first kappa shape index (κ1) is 9.93. The van der Waals surface area contributed by atoms with Crippen molar-refractivity contribution in [2.24, 2.45) is 0 Å². The van der Waals surface area contributed by atoms with E-state index in [-0.39, 0.29) is 0 Å².